The number of rotatable bonds is 11. The summed E-state index contributed by atoms with van der Waals surface area (Å²) in [7, 11) is 0. The van der Waals surface area contributed by atoms with Gasteiger partial charge in [-0.3, -0.25) is 24.1 Å². The average molecular weight is 530 g/mol. The molecule has 202 valence electrons. The van der Waals surface area contributed by atoms with Crippen molar-refractivity contribution in [1.29, 1.82) is 0 Å². The van der Waals surface area contributed by atoms with Crippen LogP contribution in [0.15, 0.2) is 78.9 Å². The van der Waals surface area contributed by atoms with Gasteiger partial charge < -0.3 is 10.2 Å². The van der Waals surface area contributed by atoms with Crippen LogP contribution in [0.4, 0.5) is 4.39 Å². The predicted octanol–water partition coefficient (Wildman–Crippen LogP) is 4.37. The minimum absolute atomic E-state index is 0.0257. The summed E-state index contributed by atoms with van der Waals surface area (Å²) in [4.78, 5) is 55.0. The molecule has 4 amide bonds. The smallest absolute Gasteiger partial charge is 0.261 e. The predicted molar refractivity (Wildman–Crippen MR) is 145 cm³/mol. The van der Waals surface area contributed by atoms with Crippen molar-refractivity contribution >= 4 is 23.6 Å². The maximum absolute atomic E-state index is 14.7. The van der Waals surface area contributed by atoms with E-state index in [9.17, 15) is 23.6 Å². The van der Waals surface area contributed by atoms with Gasteiger partial charge >= 0.3 is 0 Å². The molecule has 7 nitrogen and oxygen atoms in total. The summed E-state index contributed by atoms with van der Waals surface area (Å²) >= 11 is 0. The number of amides is 4. The topological polar surface area (TPSA) is 86.8 Å². The van der Waals surface area contributed by atoms with E-state index in [-0.39, 0.29) is 62.0 Å². The molecule has 0 spiro atoms. The van der Waals surface area contributed by atoms with Crippen molar-refractivity contribution in [3.63, 3.8) is 0 Å². The van der Waals surface area contributed by atoms with E-state index in [0.717, 1.165) is 10.5 Å². The van der Waals surface area contributed by atoms with E-state index >= 15 is 0 Å². The van der Waals surface area contributed by atoms with E-state index in [1.165, 1.54) is 11.0 Å². The first kappa shape index (κ1) is 27.7. The highest BCUT2D eigenvalue weighted by atomic mass is 19.1. The molecule has 1 atom stereocenters. The second-order valence-electron chi connectivity index (χ2n) is 9.89. The standard InChI is InChI=1S/C31H32FN3O4/c1-21(2)33-29(37)27(19-22-11-4-3-5-12-22)35(20-23-13-6-9-16-26(23)32)28(36)17-10-18-34-30(38)24-14-7-8-15-25(24)31(34)39/h3-9,11-16,21,27H,10,17-20H2,1-2H3,(H,33,37)/t27-/m0/s1. The Kier molecular flexibility index (Phi) is 8.86. The van der Waals surface area contributed by atoms with E-state index in [1.54, 1.807) is 42.5 Å². The average Bonchev–Trinajstić information content (AvgIpc) is 3.16. The molecule has 0 unspecified atom stereocenters. The van der Waals surface area contributed by atoms with Crippen molar-refractivity contribution in [3.8, 4) is 0 Å². The number of nitrogens with one attached hydrogen (secondary N) is 1. The molecule has 0 aliphatic carbocycles. The van der Waals surface area contributed by atoms with Crippen molar-refractivity contribution in [3.05, 3.63) is 107 Å². The molecule has 8 heteroatoms. The van der Waals surface area contributed by atoms with Crippen molar-refractivity contribution < 1.29 is 23.6 Å². The molecular weight excluding hydrogens is 497 g/mol. The Hall–Kier alpha value is -4.33. The van der Waals surface area contributed by atoms with E-state index in [4.69, 9.17) is 0 Å². The Morgan fingerprint density at radius 2 is 1.46 bits per heavy atom. The summed E-state index contributed by atoms with van der Waals surface area (Å²) in [6, 6.07) is 21.1. The highest BCUT2D eigenvalue weighted by Crippen LogP contribution is 2.23. The highest BCUT2D eigenvalue weighted by Gasteiger charge is 2.35. The molecule has 0 bridgehead atoms. The van der Waals surface area contributed by atoms with Crippen LogP contribution in [-0.4, -0.2) is 52.1 Å². The van der Waals surface area contributed by atoms with Gasteiger partial charge in [-0.25, -0.2) is 4.39 Å². The first-order valence-electron chi connectivity index (χ1n) is 13.1. The molecule has 3 aromatic rings. The first-order chi connectivity index (χ1) is 18.8. The molecule has 0 radical (unpaired) electrons. The second-order valence-corrected chi connectivity index (χ2v) is 9.89. The van der Waals surface area contributed by atoms with Gasteiger partial charge in [-0.15, -0.1) is 0 Å². The molecule has 0 saturated heterocycles. The summed E-state index contributed by atoms with van der Waals surface area (Å²) < 4.78 is 14.7. The van der Waals surface area contributed by atoms with Crippen LogP contribution in [0.2, 0.25) is 0 Å². The molecule has 1 heterocycles. The molecule has 1 aliphatic rings. The zero-order valence-electron chi connectivity index (χ0n) is 22.1. The lowest BCUT2D eigenvalue weighted by atomic mass is 10.0. The normalized spacial score (nSPS) is 13.4. The second kappa shape index (κ2) is 12.5. The number of hydrogen-bond acceptors (Lipinski definition) is 4. The van der Waals surface area contributed by atoms with E-state index in [0.29, 0.717) is 16.7 Å². The summed E-state index contributed by atoms with van der Waals surface area (Å²) in [5, 5.41) is 2.90. The maximum Gasteiger partial charge on any atom is 0.261 e. The number of halogens is 1. The summed E-state index contributed by atoms with van der Waals surface area (Å²) in [6.07, 6.45) is 0.433. The first-order valence-corrected chi connectivity index (χ1v) is 13.1. The van der Waals surface area contributed by atoms with Gasteiger partial charge in [-0.1, -0.05) is 60.7 Å². The van der Waals surface area contributed by atoms with Crippen LogP contribution in [0, 0.1) is 5.82 Å². The lowest BCUT2D eigenvalue weighted by molar-refractivity contribution is -0.141. The van der Waals surface area contributed by atoms with E-state index < -0.39 is 11.9 Å². The third-order valence-corrected chi connectivity index (χ3v) is 6.65. The Morgan fingerprint density at radius 3 is 2.08 bits per heavy atom. The van der Waals surface area contributed by atoms with E-state index in [1.807, 2.05) is 44.2 Å². The third-order valence-electron chi connectivity index (χ3n) is 6.65. The van der Waals surface area contributed by atoms with Gasteiger partial charge in [0, 0.05) is 37.5 Å². The van der Waals surface area contributed by atoms with Crippen molar-refractivity contribution in [2.24, 2.45) is 0 Å². The van der Waals surface area contributed by atoms with Gasteiger partial charge in [0.25, 0.3) is 11.8 Å². The summed E-state index contributed by atoms with van der Waals surface area (Å²) in [5.41, 5.74) is 1.85. The molecule has 1 aliphatic heterocycles. The Bertz CT molecular complexity index is 1320. The molecule has 0 aromatic heterocycles. The van der Waals surface area contributed by atoms with Gasteiger partial charge in [0.2, 0.25) is 11.8 Å². The van der Waals surface area contributed by atoms with E-state index in [2.05, 4.69) is 5.32 Å². The Balaban J connectivity index is 1.55. The minimum atomic E-state index is -0.888. The Morgan fingerprint density at radius 1 is 0.872 bits per heavy atom. The highest BCUT2D eigenvalue weighted by molar-refractivity contribution is 6.21. The van der Waals surface area contributed by atoms with Crippen LogP contribution < -0.4 is 5.32 Å². The van der Waals surface area contributed by atoms with Crippen LogP contribution in [0.5, 0.6) is 0 Å². The van der Waals surface area contributed by atoms with Gasteiger partial charge in [0.15, 0.2) is 0 Å². The van der Waals surface area contributed by atoms with Crippen molar-refractivity contribution in [2.45, 2.75) is 51.7 Å². The fraction of sp³-hybridized carbons (Fsp3) is 0.290. The quantitative estimate of drug-likeness (QED) is 0.374. The number of nitrogens with zero attached hydrogens (tertiary/aromatic N) is 2. The van der Waals surface area contributed by atoms with Crippen LogP contribution >= 0.6 is 0 Å². The molecule has 4 rings (SSSR count). The van der Waals surface area contributed by atoms with Crippen LogP contribution in [-0.2, 0) is 22.6 Å². The SMILES string of the molecule is CC(C)NC(=O)[C@H](Cc1ccccc1)N(Cc1ccccc1F)C(=O)CCCN1C(=O)c2ccccc2C1=O. The number of imide groups is 1. The lowest BCUT2D eigenvalue weighted by Gasteiger charge is -2.32. The van der Waals surface area contributed by atoms with Crippen molar-refractivity contribution in [2.75, 3.05) is 6.54 Å². The minimum Gasteiger partial charge on any atom is -0.352 e. The molecule has 0 saturated carbocycles. The van der Waals surface area contributed by atoms with Gasteiger partial charge in [0.1, 0.15) is 11.9 Å². The van der Waals surface area contributed by atoms with Gasteiger partial charge in [-0.2, -0.15) is 0 Å². The molecule has 1 N–H and O–H groups in total. The van der Waals surface area contributed by atoms with Crippen LogP contribution in [0.1, 0.15) is 58.5 Å². The zero-order chi connectivity index (χ0) is 27.9. The monoisotopic (exact) mass is 529 g/mol. The number of hydrogen-bond donors (Lipinski definition) is 1. The number of fused-ring (bicyclic) bond motifs is 1. The Labute approximate surface area is 227 Å². The molecule has 3 aromatic carbocycles. The number of benzene rings is 3. The molecule has 39 heavy (non-hydrogen) atoms. The largest absolute Gasteiger partial charge is 0.352 e. The molecular formula is C31H32FN3O4. The summed E-state index contributed by atoms with van der Waals surface area (Å²) in [5.74, 6) is -1.94. The van der Waals surface area contributed by atoms with Crippen LogP contribution in [0.25, 0.3) is 0 Å². The number of carbonyl (C=O) groups is 4. The fourth-order valence-corrected chi connectivity index (χ4v) is 4.72. The number of carbonyl (C=O) groups excluding carboxylic acids is 4. The maximum atomic E-state index is 14.7. The van der Waals surface area contributed by atoms with Gasteiger partial charge in [0.05, 0.1) is 11.1 Å². The van der Waals surface area contributed by atoms with Gasteiger partial charge in [-0.05, 0) is 44.0 Å². The third kappa shape index (κ3) is 6.57. The van der Waals surface area contributed by atoms with Crippen molar-refractivity contribution in [1.82, 2.24) is 15.1 Å². The summed E-state index contributed by atoms with van der Waals surface area (Å²) in [6.45, 7) is 3.64. The zero-order valence-corrected chi connectivity index (χ0v) is 22.1. The fourth-order valence-electron chi connectivity index (χ4n) is 4.72. The van der Waals surface area contributed by atoms with Crippen LogP contribution in [0.3, 0.4) is 0 Å². The molecule has 0 fully saturated rings. The lowest BCUT2D eigenvalue weighted by Crippen LogP contribution is -2.52.